The topological polar surface area (TPSA) is 81.9 Å². The number of rotatable bonds is 6. The largest absolute Gasteiger partial charge is 0.494 e. The molecule has 2 aromatic heterocycles. The summed E-state index contributed by atoms with van der Waals surface area (Å²) >= 11 is 2.74. The van der Waals surface area contributed by atoms with Gasteiger partial charge in [0, 0.05) is 5.69 Å². The molecule has 0 fully saturated rings. The fourth-order valence-electron chi connectivity index (χ4n) is 2.63. The normalized spacial score (nSPS) is 10.9. The van der Waals surface area contributed by atoms with Gasteiger partial charge in [-0.3, -0.25) is 9.36 Å². The third-order valence-corrected chi connectivity index (χ3v) is 5.89. The van der Waals surface area contributed by atoms with Crippen LogP contribution in [0, 0.1) is 6.92 Å². The highest BCUT2D eigenvalue weighted by atomic mass is 32.2. The zero-order chi connectivity index (χ0) is 19.5. The van der Waals surface area contributed by atoms with Crippen molar-refractivity contribution in [2.75, 3.05) is 18.2 Å². The molecule has 0 aliphatic heterocycles. The first-order valence-corrected chi connectivity index (χ1v) is 10.3. The van der Waals surface area contributed by atoms with E-state index in [0.717, 1.165) is 15.9 Å². The van der Waals surface area contributed by atoms with Crippen molar-refractivity contribution in [2.45, 2.75) is 12.1 Å². The molecule has 4 aromatic rings. The van der Waals surface area contributed by atoms with E-state index in [4.69, 9.17) is 4.74 Å². The minimum atomic E-state index is -0.151. The van der Waals surface area contributed by atoms with E-state index >= 15 is 0 Å². The van der Waals surface area contributed by atoms with E-state index in [1.54, 1.807) is 13.4 Å². The fourth-order valence-corrected chi connectivity index (χ4v) is 4.26. The highest BCUT2D eigenvalue weighted by Gasteiger charge is 2.13. The Bertz CT molecular complexity index is 1120. The van der Waals surface area contributed by atoms with Crippen LogP contribution < -0.4 is 10.1 Å². The van der Waals surface area contributed by atoms with Gasteiger partial charge in [0.1, 0.15) is 17.6 Å². The van der Waals surface area contributed by atoms with E-state index in [1.807, 2.05) is 54.0 Å². The number of nitrogens with zero attached hydrogens (tertiary/aromatic N) is 4. The summed E-state index contributed by atoms with van der Waals surface area (Å²) in [6.07, 6.45) is 1.64. The van der Waals surface area contributed by atoms with Crippen LogP contribution in [0.25, 0.3) is 15.9 Å². The molecule has 0 aliphatic carbocycles. The molecule has 0 radical (unpaired) electrons. The molecule has 28 heavy (non-hydrogen) atoms. The Hall–Kier alpha value is -2.91. The summed E-state index contributed by atoms with van der Waals surface area (Å²) in [6, 6.07) is 13.7. The number of hydrogen-bond donors (Lipinski definition) is 1. The van der Waals surface area contributed by atoms with E-state index in [-0.39, 0.29) is 11.7 Å². The van der Waals surface area contributed by atoms with E-state index in [1.165, 1.54) is 28.7 Å². The number of fused-ring (bicyclic) bond motifs is 1. The van der Waals surface area contributed by atoms with Gasteiger partial charge in [-0.15, -0.1) is 10.2 Å². The van der Waals surface area contributed by atoms with E-state index in [9.17, 15) is 4.79 Å². The molecule has 0 aliphatic rings. The quantitative estimate of drug-likeness (QED) is 0.484. The number of hydrogen-bond acceptors (Lipinski definition) is 7. The van der Waals surface area contributed by atoms with Gasteiger partial charge in [-0.05, 0) is 31.2 Å². The van der Waals surface area contributed by atoms with Crippen LogP contribution in [-0.4, -0.2) is 38.5 Å². The lowest BCUT2D eigenvalue weighted by Gasteiger charge is -2.06. The molecule has 4 rings (SSSR count). The van der Waals surface area contributed by atoms with Gasteiger partial charge in [-0.25, -0.2) is 4.98 Å². The molecule has 0 atom stereocenters. The van der Waals surface area contributed by atoms with Crippen LogP contribution in [0.5, 0.6) is 5.75 Å². The van der Waals surface area contributed by atoms with Crippen LogP contribution in [0.4, 0.5) is 5.13 Å². The number of ether oxygens (including phenoxy) is 1. The molecule has 9 heteroatoms. The predicted molar refractivity (Wildman–Crippen MR) is 112 cm³/mol. The molecule has 0 saturated carbocycles. The zero-order valence-electron chi connectivity index (χ0n) is 15.2. The maximum Gasteiger partial charge on any atom is 0.236 e. The molecule has 0 bridgehead atoms. The molecule has 2 heterocycles. The monoisotopic (exact) mass is 411 g/mol. The number of methoxy groups -OCH3 is 1. The molecular weight excluding hydrogens is 394 g/mol. The zero-order valence-corrected chi connectivity index (χ0v) is 16.9. The van der Waals surface area contributed by atoms with Crippen LogP contribution in [-0.2, 0) is 4.79 Å². The van der Waals surface area contributed by atoms with Crippen molar-refractivity contribution in [3.63, 3.8) is 0 Å². The van der Waals surface area contributed by atoms with E-state index < -0.39 is 0 Å². The number of para-hydroxylation sites is 1. The average molecular weight is 412 g/mol. The summed E-state index contributed by atoms with van der Waals surface area (Å²) in [5.41, 5.74) is 2.88. The van der Waals surface area contributed by atoms with Gasteiger partial charge >= 0.3 is 0 Å². The molecular formula is C19H17N5O2S2. The van der Waals surface area contributed by atoms with Gasteiger partial charge in [0.15, 0.2) is 10.3 Å². The third kappa shape index (κ3) is 3.85. The third-order valence-electron chi connectivity index (χ3n) is 4.01. The van der Waals surface area contributed by atoms with Crippen molar-refractivity contribution in [1.82, 2.24) is 19.7 Å². The molecule has 0 spiro atoms. The number of aromatic nitrogens is 4. The second kappa shape index (κ2) is 7.99. The van der Waals surface area contributed by atoms with Gasteiger partial charge in [0.05, 0.1) is 17.6 Å². The van der Waals surface area contributed by atoms with Crippen molar-refractivity contribution in [3.8, 4) is 11.4 Å². The number of carbonyl (C=O) groups excluding carboxylic acids is 1. The molecule has 2 aromatic carbocycles. The highest BCUT2D eigenvalue weighted by molar-refractivity contribution is 7.99. The smallest absolute Gasteiger partial charge is 0.236 e. The number of carbonyl (C=O) groups is 1. The summed E-state index contributed by atoms with van der Waals surface area (Å²) < 4.78 is 8.13. The molecule has 7 nitrogen and oxygen atoms in total. The number of thiazole rings is 1. The lowest BCUT2D eigenvalue weighted by atomic mass is 10.2. The van der Waals surface area contributed by atoms with Gasteiger partial charge in [0.2, 0.25) is 5.91 Å². The maximum atomic E-state index is 12.4. The second-order valence-corrected chi connectivity index (χ2v) is 7.96. The van der Waals surface area contributed by atoms with E-state index in [2.05, 4.69) is 20.5 Å². The summed E-state index contributed by atoms with van der Waals surface area (Å²) in [5.74, 6) is 0.744. The Morgan fingerprint density at radius 3 is 2.86 bits per heavy atom. The minimum Gasteiger partial charge on any atom is -0.494 e. The summed E-state index contributed by atoms with van der Waals surface area (Å²) in [7, 11) is 1.60. The van der Waals surface area contributed by atoms with Gasteiger partial charge < -0.3 is 10.1 Å². The first-order valence-electron chi connectivity index (χ1n) is 8.47. The molecule has 0 unspecified atom stereocenters. The predicted octanol–water partition coefficient (Wildman–Crippen LogP) is 3.92. The fraction of sp³-hybridized carbons (Fsp3) is 0.158. The van der Waals surface area contributed by atoms with Crippen molar-refractivity contribution in [1.29, 1.82) is 0 Å². The number of benzene rings is 2. The first kappa shape index (κ1) is 18.5. The second-order valence-electron chi connectivity index (χ2n) is 5.98. The first-order chi connectivity index (χ1) is 13.6. The number of aryl methyl sites for hydroxylation is 1. The van der Waals surface area contributed by atoms with Crippen LogP contribution in [0.3, 0.4) is 0 Å². The van der Waals surface area contributed by atoms with Crippen molar-refractivity contribution < 1.29 is 9.53 Å². The van der Waals surface area contributed by atoms with Crippen LogP contribution in [0.15, 0.2) is 53.9 Å². The van der Waals surface area contributed by atoms with Gasteiger partial charge in [-0.1, -0.05) is 46.9 Å². The Morgan fingerprint density at radius 2 is 2.07 bits per heavy atom. The highest BCUT2D eigenvalue weighted by Crippen LogP contribution is 2.32. The average Bonchev–Trinajstić information content (AvgIpc) is 3.33. The Kier molecular flexibility index (Phi) is 5.27. The van der Waals surface area contributed by atoms with Gasteiger partial charge in [0.25, 0.3) is 0 Å². The van der Waals surface area contributed by atoms with Crippen LogP contribution >= 0.6 is 23.1 Å². The van der Waals surface area contributed by atoms with E-state index in [0.29, 0.717) is 16.0 Å². The maximum absolute atomic E-state index is 12.4. The lowest BCUT2D eigenvalue weighted by Crippen LogP contribution is -2.14. The van der Waals surface area contributed by atoms with Crippen molar-refractivity contribution >= 4 is 44.4 Å². The van der Waals surface area contributed by atoms with Crippen molar-refractivity contribution in [2.24, 2.45) is 0 Å². The Morgan fingerprint density at radius 1 is 1.25 bits per heavy atom. The number of thioether (sulfide) groups is 1. The van der Waals surface area contributed by atoms with Crippen LogP contribution in [0.1, 0.15) is 5.56 Å². The summed E-state index contributed by atoms with van der Waals surface area (Å²) in [5, 5.41) is 12.1. The Balaban J connectivity index is 1.43. The Labute approximate surface area is 169 Å². The van der Waals surface area contributed by atoms with Gasteiger partial charge in [-0.2, -0.15) is 0 Å². The standard InChI is InChI=1S/C19H17N5O2S2/c1-12-6-8-13(9-7-12)24-11-20-23-19(24)27-10-16(25)21-18-22-17-14(26-2)4-3-5-15(17)28-18/h3-9,11H,10H2,1-2H3,(H,21,22,25). The summed E-state index contributed by atoms with van der Waals surface area (Å²) in [4.78, 5) is 16.8. The number of amides is 1. The van der Waals surface area contributed by atoms with Crippen molar-refractivity contribution in [3.05, 3.63) is 54.4 Å². The SMILES string of the molecule is COc1cccc2sc(NC(=O)CSc3nncn3-c3ccc(C)cc3)nc12. The number of nitrogens with one attached hydrogen (secondary N) is 1. The lowest BCUT2D eigenvalue weighted by molar-refractivity contribution is -0.113. The molecule has 0 saturated heterocycles. The molecule has 142 valence electrons. The molecule has 1 amide bonds. The number of anilines is 1. The minimum absolute atomic E-state index is 0.151. The molecule has 1 N–H and O–H groups in total. The van der Waals surface area contributed by atoms with Crippen LogP contribution in [0.2, 0.25) is 0 Å². The summed E-state index contributed by atoms with van der Waals surface area (Å²) in [6.45, 7) is 2.04.